The van der Waals surface area contributed by atoms with Gasteiger partial charge in [0.05, 0.1) is 23.4 Å². The fourth-order valence-corrected chi connectivity index (χ4v) is 3.73. The second-order valence-electron chi connectivity index (χ2n) is 6.21. The molecule has 2 fully saturated rings. The van der Waals surface area contributed by atoms with E-state index in [1.807, 2.05) is 0 Å². The molecule has 7 heteroatoms. The molecule has 0 aromatic heterocycles. The first-order valence-corrected chi connectivity index (χ1v) is 8.14. The summed E-state index contributed by atoms with van der Waals surface area (Å²) in [6.45, 7) is 0. The molecular formula is C16H23Cl2N3O2. The molecule has 1 amide bonds. The third-order valence-corrected chi connectivity index (χ3v) is 4.94. The molecule has 128 valence electrons. The van der Waals surface area contributed by atoms with E-state index in [4.69, 9.17) is 22.1 Å². The Labute approximate surface area is 147 Å². The minimum atomic E-state index is -0.149. The number of anilines is 1. The number of methoxy groups -OCH3 is 1. The molecule has 2 atom stereocenters. The Morgan fingerprint density at radius 3 is 2.61 bits per heavy atom. The minimum absolute atomic E-state index is 0. The number of fused-ring (bicyclic) bond motifs is 2. The van der Waals surface area contributed by atoms with Crippen LogP contribution >= 0.6 is 24.0 Å². The van der Waals surface area contributed by atoms with Crippen molar-refractivity contribution in [2.75, 3.05) is 12.8 Å². The number of rotatable bonds is 3. The van der Waals surface area contributed by atoms with E-state index in [-0.39, 0.29) is 24.4 Å². The van der Waals surface area contributed by atoms with E-state index < -0.39 is 0 Å². The molecule has 1 aromatic rings. The van der Waals surface area contributed by atoms with E-state index in [0.29, 0.717) is 34.1 Å². The summed E-state index contributed by atoms with van der Waals surface area (Å²) in [5.74, 6) is 0.303. The fraction of sp³-hybridized carbons (Fsp3) is 0.562. The Hall–Kier alpha value is -1.17. The number of ether oxygens (including phenoxy) is 1. The number of carbonyl (C=O) groups excluding carboxylic acids is 1. The van der Waals surface area contributed by atoms with Crippen LogP contribution in [0.15, 0.2) is 12.1 Å². The first-order chi connectivity index (χ1) is 10.6. The van der Waals surface area contributed by atoms with E-state index in [9.17, 15) is 4.79 Å². The average Bonchev–Trinajstić information content (AvgIpc) is 2.49. The van der Waals surface area contributed by atoms with Gasteiger partial charge in [0.1, 0.15) is 5.75 Å². The molecule has 2 unspecified atom stereocenters. The van der Waals surface area contributed by atoms with Gasteiger partial charge < -0.3 is 21.1 Å². The minimum Gasteiger partial charge on any atom is -0.496 e. The molecule has 0 radical (unpaired) electrons. The van der Waals surface area contributed by atoms with Crippen LogP contribution in [0.3, 0.4) is 0 Å². The number of nitrogens with one attached hydrogen (secondary N) is 2. The molecule has 2 aliphatic heterocycles. The van der Waals surface area contributed by atoms with E-state index in [1.54, 1.807) is 12.1 Å². The highest BCUT2D eigenvalue weighted by molar-refractivity contribution is 6.33. The summed E-state index contributed by atoms with van der Waals surface area (Å²) in [7, 11) is 1.52. The van der Waals surface area contributed by atoms with Gasteiger partial charge in [-0.3, -0.25) is 4.79 Å². The van der Waals surface area contributed by atoms with Gasteiger partial charge in [0.25, 0.3) is 5.91 Å². The predicted molar refractivity (Wildman–Crippen MR) is 94.7 cm³/mol. The molecule has 1 aromatic carbocycles. The number of carbonyl (C=O) groups is 1. The Morgan fingerprint density at radius 2 is 2.00 bits per heavy atom. The number of hydrogen-bond donors (Lipinski definition) is 3. The monoisotopic (exact) mass is 359 g/mol. The van der Waals surface area contributed by atoms with Gasteiger partial charge in [0.15, 0.2) is 0 Å². The average molecular weight is 360 g/mol. The van der Waals surface area contributed by atoms with Crippen molar-refractivity contribution in [3.05, 3.63) is 22.7 Å². The Kier molecular flexibility index (Phi) is 6.00. The molecular weight excluding hydrogens is 337 g/mol. The highest BCUT2D eigenvalue weighted by Gasteiger charge is 2.32. The summed E-state index contributed by atoms with van der Waals surface area (Å²) in [5.41, 5.74) is 6.60. The summed E-state index contributed by atoms with van der Waals surface area (Å²) < 4.78 is 5.25. The molecule has 4 N–H and O–H groups in total. The SMILES string of the molecule is COc1cc(N)c(Cl)cc1C(=O)NC1CC2CCCC(C1)N2.Cl. The molecule has 5 nitrogen and oxygen atoms in total. The number of halogens is 2. The standard InChI is InChI=1S/C16H22ClN3O2.ClH/c1-22-15-8-14(18)13(17)7-12(15)16(21)20-11-5-9-3-2-4-10(6-11)19-9;/h7-11,19H,2-6,18H2,1H3,(H,20,21);1H. The zero-order valence-electron chi connectivity index (χ0n) is 13.1. The quantitative estimate of drug-likeness (QED) is 0.725. The predicted octanol–water partition coefficient (Wildman–Crippen LogP) is 2.76. The van der Waals surface area contributed by atoms with Gasteiger partial charge in [-0.1, -0.05) is 18.0 Å². The van der Waals surface area contributed by atoms with Gasteiger partial charge in [-0.2, -0.15) is 0 Å². The van der Waals surface area contributed by atoms with Crippen molar-refractivity contribution < 1.29 is 9.53 Å². The molecule has 0 aliphatic carbocycles. The molecule has 23 heavy (non-hydrogen) atoms. The van der Waals surface area contributed by atoms with Gasteiger partial charge in [0.2, 0.25) is 0 Å². The van der Waals surface area contributed by atoms with E-state index in [2.05, 4.69) is 10.6 Å². The Morgan fingerprint density at radius 1 is 1.35 bits per heavy atom. The normalized spacial score (nSPS) is 26.1. The lowest BCUT2D eigenvalue weighted by Gasteiger charge is -2.40. The first kappa shape index (κ1) is 18.2. The van der Waals surface area contributed by atoms with Gasteiger partial charge in [-0.25, -0.2) is 0 Å². The maximum Gasteiger partial charge on any atom is 0.255 e. The van der Waals surface area contributed by atoms with Crippen molar-refractivity contribution in [3.8, 4) is 5.75 Å². The molecule has 2 bridgehead atoms. The van der Waals surface area contributed by atoms with Crippen LogP contribution in [0.2, 0.25) is 5.02 Å². The van der Waals surface area contributed by atoms with Gasteiger partial charge in [-0.15, -0.1) is 12.4 Å². The first-order valence-electron chi connectivity index (χ1n) is 7.76. The van der Waals surface area contributed by atoms with Crippen molar-refractivity contribution in [2.24, 2.45) is 0 Å². The van der Waals surface area contributed by atoms with Gasteiger partial charge in [-0.05, 0) is 31.7 Å². The summed E-state index contributed by atoms with van der Waals surface area (Å²) in [5, 5.41) is 7.12. The molecule has 0 saturated carbocycles. The van der Waals surface area contributed by atoms with Gasteiger partial charge >= 0.3 is 0 Å². The van der Waals surface area contributed by atoms with E-state index in [1.165, 1.54) is 26.4 Å². The third kappa shape index (κ3) is 4.03. The van der Waals surface area contributed by atoms with Crippen LogP contribution in [0.5, 0.6) is 5.75 Å². The number of benzene rings is 1. The van der Waals surface area contributed by atoms with Crippen LogP contribution in [0.25, 0.3) is 0 Å². The van der Waals surface area contributed by atoms with Crippen LogP contribution in [0.4, 0.5) is 5.69 Å². The topological polar surface area (TPSA) is 76.4 Å². The number of piperidine rings is 2. The zero-order valence-corrected chi connectivity index (χ0v) is 14.7. The molecule has 2 heterocycles. The summed E-state index contributed by atoms with van der Waals surface area (Å²) in [6.07, 6.45) is 5.63. The number of nitrogens with two attached hydrogens (primary N) is 1. The van der Waals surface area contributed by atoms with Crippen LogP contribution in [-0.4, -0.2) is 31.1 Å². The van der Waals surface area contributed by atoms with Crippen LogP contribution < -0.4 is 21.1 Å². The van der Waals surface area contributed by atoms with Crippen molar-refractivity contribution >= 4 is 35.6 Å². The maximum absolute atomic E-state index is 12.6. The van der Waals surface area contributed by atoms with Crippen molar-refractivity contribution in [3.63, 3.8) is 0 Å². The highest BCUT2D eigenvalue weighted by Crippen LogP contribution is 2.30. The molecule has 2 aliphatic rings. The van der Waals surface area contributed by atoms with Crippen LogP contribution in [0, 0.1) is 0 Å². The van der Waals surface area contributed by atoms with Gasteiger partial charge in [0, 0.05) is 24.2 Å². The second-order valence-corrected chi connectivity index (χ2v) is 6.61. The highest BCUT2D eigenvalue weighted by atomic mass is 35.5. The van der Waals surface area contributed by atoms with Crippen LogP contribution in [0.1, 0.15) is 42.5 Å². The van der Waals surface area contributed by atoms with Crippen molar-refractivity contribution in [1.29, 1.82) is 0 Å². The number of nitrogen functional groups attached to an aromatic ring is 1. The van der Waals surface area contributed by atoms with Crippen LogP contribution in [-0.2, 0) is 0 Å². The smallest absolute Gasteiger partial charge is 0.255 e. The zero-order chi connectivity index (χ0) is 15.7. The molecule has 2 saturated heterocycles. The Balaban J connectivity index is 0.00000192. The largest absolute Gasteiger partial charge is 0.496 e. The van der Waals surface area contributed by atoms with Crippen molar-refractivity contribution in [2.45, 2.75) is 50.2 Å². The Bertz CT molecular complexity index is 571. The second kappa shape index (κ2) is 7.60. The summed E-state index contributed by atoms with van der Waals surface area (Å²) in [6, 6.07) is 4.41. The van der Waals surface area contributed by atoms with Crippen molar-refractivity contribution in [1.82, 2.24) is 10.6 Å². The lowest BCUT2D eigenvalue weighted by molar-refractivity contribution is 0.0904. The molecule has 3 rings (SSSR count). The lowest BCUT2D eigenvalue weighted by Crippen LogP contribution is -2.54. The maximum atomic E-state index is 12.6. The fourth-order valence-electron chi connectivity index (χ4n) is 3.56. The van der Waals surface area contributed by atoms with E-state index >= 15 is 0 Å². The number of amides is 1. The summed E-state index contributed by atoms with van der Waals surface area (Å²) in [4.78, 5) is 12.6. The third-order valence-electron chi connectivity index (χ3n) is 4.61. The summed E-state index contributed by atoms with van der Waals surface area (Å²) >= 11 is 6.04. The molecule has 0 spiro atoms. The van der Waals surface area contributed by atoms with E-state index in [0.717, 1.165) is 12.8 Å². The lowest BCUT2D eigenvalue weighted by atomic mass is 9.84. The number of hydrogen-bond acceptors (Lipinski definition) is 4.